The summed E-state index contributed by atoms with van der Waals surface area (Å²) in [5.74, 6) is -0.509. The molecule has 5 heteroatoms. The molecule has 0 unspecified atom stereocenters. The quantitative estimate of drug-likeness (QED) is 0.619. The van der Waals surface area contributed by atoms with Gasteiger partial charge in [-0.1, -0.05) is 41.4 Å². The van der Waals surface area contributed by atoms with E-state index in [1.807, 2.05) is 6.07 Å². The monoisotopic (exact) mass is 291 g/mol. The SMILES string of the molecule is N#Cc1cc(Cl)c(OC(=O)c2ccccc2)c(Cl)c1. The third kappa shape index (κ3) is 3.05. The zero-order chi connectivity index (χ0) is 13.8. The molecule has 0 fully saturated rings. The molecule has 2 aromatic rings. The lowest BCUT2D eigenvalue weighted by Gasteiger charge is -2.08. The van der Waals surface area contributed by atoms with E-state index in [2.05, 4.69) is 0 Å². The van der Waals surface area contributed by atoms with Crippen LogP contribution in [0.15, 0.2) is 42.5 Å². The second-order valence-corrected chi connectivity index (χ2v) is 4.45. The van der Waals surface area contributed by atoms with Gasteiger partial charge in [0, 0.05) is 0 Å². The van der Waals surface area contributed by atoms with Gasteiger partial charge in [0.25, 0.3) is 0 Å². The van der Waals surface area contributed by atoms with Crippen LogP contribution in [-0.2, 0) is 0 Å². The smallest absolute Gasteiger partial charge is 0.343 e. The Bertz CT molecular complexity index is 640. The number of benzene rings is 2. The molecule has 0 aliphatic heterocycles. The molecule has 0 heterocycles. The number of nitrogens with zero attached hydrogens (tertiary/aromatic N) is 1. The highest BCUT2D eigenvalue weighted by Gasteiger charge is 2.15. The molecular weight excluding hydrogens is 285 g/mol. The van der Waals surface area contributed by atoms with Crippen molar-refractivity contribution < 1.29 is 9.53 Å². The lowest BCUT2D eigenvalue weighted by atomic mass is 10.2. The average molecular weight is 292 g/mol. The van der Waals surface area contributed by atoms with Crippen molar-refractivity contribution in [3.8, 4) is 11.8 Å². The van der Waals surface area contributed by atoms with Gasteiger partial charge >= 0.3 is 5.97 Å². The van der Waals surface area contributed by atoms with Gasteiger partial charge in [-0.25, -0.2) is 4.79 Å². The van der Waals surface area contributed by atoms with Crippen molar-refractivity contribution >= 4 is 29.2 Å². The van der Waals surface area contributed by atoms with Gasteiger partial charge in [0.1, 0.15) is 0 Å². The standard InChI is InChI=1S/C14H7Cl2NO2/c15-11-6-9(8-17)7-12(16)13(11)19-14(18)10-4-2-1-3-5-10/h1-7H. The second-order valence-electron chi connectivity index (χ2n) is 3.64. The number of nitriles is 1. The Morgan fingerprint density at radius 2 is 1.68 bits per heavy atom. The van der Waals surface area contributed by atoms with Crippen LogP contribution in [0.25, 0.3) is 0 Å². The third-order valence-electron chi connectivity index (χ3n) is 2.33. The normalized spacial score (nSPS) is 9.74. The number of rotatable bonds is 2. The van der Waals surface area contributed by atoms with Crippen LogP contribution < -0.4 is 4.74 Å². The Labute approximate surface area is 119 Å². The molecule has 0 saturated carbocycles. The van der Waals surface area contributed by atoms with Crippen molar-refractivity contribution in [3.05, 3.63) is 63.6 Å². The van der Waals surface area contributed by atoms with Crippen LogP contribution in [0, 0.1) is 11.3 Å². The maximum absolute atomic E-state index is 11.9. The maximum Gasteiger partial charge on any atom is 0.343 e. The summed E-state index contributed by atoms with van der Waals surface area (Å²) in [6.45, 7) is 0. The van der Waals surface area contributed by atoms with E-state index < -0.39 is 5.97 Å². The molecule has 0 aromatic heterocycles. The van der Waals surface area contributed by atoms with E-state index in [1.165, 1.54) is 12.1 Å². The van der Waals surface area contributed by atoms with E-state index in [9.17, 15) is 4.79 Å². The zero-order valence-corrected chi connectivity index (χ0v) is 11.1. The number of hydrogen-bond donors (Lipinski definition) is 0. The van der Waals surface area contributed by atoms with Crippen molar-refractivity contribution in [3.63, 3.8) is 0 Å². The number of ether oxygens (including phenoxy) is 1. The maximum atomic E-state index is 11.9. The van der Waals surface area contributed by atoms with Gasteiger partial charge in [0.05, 0.1) is 27.2 Å². The summed E-state index contributed by atoms with van der Waals surface area (Å²) in [5.41, 5.74) is 0.688. The molecule has 2 rings (SSSR count). The summed E-state index contributed by atoms with van der Waals surface area (Å²) in [6.07, 6.45) is 0. The summed E-state index contributed by atoms with van der Waals surface area (Å²) in [6, 6.07) is 13.2. The Morgan fingerprint density at radius 3 is 2.21 bits per heavy atom. The fraction of sp³-hybridized carbons (Fsp3) is 0. The molecule has 19 heavy (non-hydrogen) atoms. The van der Waals surface area contributed by atoms with E-state index in [1.54, 1.807) is 30.3 Å². The van der Waals surface area contributed by atoms with Crippen molar-refractivity contribution in [1.29, 1.82) is 5.26 Å². The van der Waals surface area contributed by atoms with Crippen LogP contribution in [0.3, 0.4) is 0 Å². The first kappa shape index (κ1) is 13.4. The first-order valence-electron chi connectivity index (χ1n) is 5.28. The highest BCUT2D eigenvalue weighted by atomic mass is 35.5. The van der Waals surface area contributed by atoms with Crippen LogP contribution >= 0.6 is 23.2 Å². The fourth-order valence-electron chi connectivity index (χ4n) is 1.45. The first-order chi connectivity index (χ1) is 9.11. The minimum Gasteiger partial charge on any atom is -0.420 e. The van der Waals surface area contributed by atoms with Gasteiger partial charge in [-0.15, -0.1) is 0 Å². The predicted octanol–water partition coefficient (Wildman–Crippen LogP) is 4.08. The van der Waals surface area contributed by atoms with Crippen molar-refractivity contribution in [2.24, 2.45) is 0 Å². The predicted molar refractivity (Wildman–Crippen MR) is 72.6 cm³/mol. The van der Waals surface area contributed by atoms with Gasteiger partial charge < -0.3 is 4.74 Å². The molecule has 94 valence electrons. The summed E-state index contributed by atoms with van der Waals surface area (Å²) < 4.78 is 5.15. The Hall–Kier alpha value is -2.02. The van der Waals surface area contributed by atoms with Crippen LogP contribution in [0.1, 0.15) is 15.9 Å². The van der Waals surface area contributed by atoms with Crippen molar-refractivity contribution in [2.75, 3.05) is 0 Å². The molecule has 0 saturated heterocycles. The van der Waals surface area contributed by atoms with E-state index >= 15 is 0 Å². The fourth-order valence-corrected chi connectivity index (χ4v) is 2.01. The van der Waals surface area contributed by atoms with Gasteiger partial charge in [0.15, 0.2) is 5.75 Å². The highest BCUT2D eigenvalue weighted by Crippen LogP contribution is 2.34. The number of carbonyl (C=O) groups excluding carboxylic acids is 1. The molecule has 0 N–H and O–H groups in total. The Balaban J connectivity index is 2.30. The molecular formula is C14H7Cl2NO2. The van der Waals surface area contributed by atoms with E-state index in [0.717, 1.165) is 0 Å². The minimum absolute atomic E-state index is 0.0520. The van der Waals surface area contributed by atoms with Crippen LogP contribution in [-0.4, -0.2) is 5.97 Å². The van der Waals surface area contributed by atoms with Gasteiger partial charge in [0.2, 0.25) is 0 Å². The zero-order valence-electron chi connectivity index (χ0n) is 9.56. The molecule has 2 aromatic carbocycles. The van der Waals surface area contributed by atoms with Crippen molar-refractivity contribution in [2.45, 2.75) is 0 Å². The van der Waals surface area contributed by atoms with Crippen LogP contribution in [0.4, 0.5) is 0 Å². The molecule has 3 nitrogen and oxygen atoms in total. The van der Waals surface area contributed by atoms with Gasteiger partial charge in [-0.3, -0.25) is 0 Å². The highest BCUT2D eigenvalue weighted by molar-refractivity contribution is 6.37. The molecule has 0 amide bonds. The number of esters is 1. The molecule has 0 radical (unpaired) electrons. The molecule has 0 aliphatic carbocycles. The number of halogens is 2. The minimum atomic E-state index is -0.561. The van der Waals surface area contributed by atoms with Gasteiger partial charge in [-0.05, 0) is 24.3 Å². The Morgan fingerprint density at radius 1 is 1.11 bits per heavy atom. The molecule has 0 spiro atoms. The van der Waals surface area contributed by atoms with E-state index in [-0.39, 0.29) is 15.8 Å². The molecule has 0 aliphatic rings. The Kier molecular flexibility index (Phi) is 4.06. The van der Waals surface area contributed by atoms with Crippen LogP contribution in [0.2, 0.25) is 10.0 Å². The number of carbonyl (C=O) groups is 1. The summed E-state index contributed by atoms with van der Waals surface area (Å²) in [7, 11) is 0. The summed E-state index contributed by atoms with van der Waals surface area (Å²) in [4.78, 5) is 11.9. The summed E-state index contributed by atoms with van der Waals surface area (Å²) >= 11 is 11.9. The molecule has 0 atom stereocenters. The lowest BCUT2D eigenvalue weighted by molar-refractivity contribution is 0.0735. The van der Waals surface area contributed by atoms with E-state index in [4.69, 9.17) is 33.2 Å². The van der Waals surface area contributed by atoms with Crippen molar-refractivity contribution in [1.82, 2.24) is 0 Å². The number of hydrogen-bond acceptors (Lipinski definition) is 3. The van der Waals surface area contributed by atoms with Crippen LogP contribution in [0.5, 0.6) is 5.75 Å². The topological polar surface area (TPSA) is 50.1 Å². The van der Waals surface area contributed by atoms with Gasteiger partial charge in [-0.2, -0.15) is 5.26 Å². The lowest BCUT2D eigenvalue weighted by Crippen LogP contribution is -2.09. The largest absolute Gasteiger partial charge is 0.420 e. The van der Waals surface area contributed by atoms with E-state index in [0.29, 0.717) is 11.1 Å². The second kappa shape index (κ2) is 5.75. The summed E-state index contributed by atoms with van der Waals surface area (Å²) in [5, 5.41) is 9.00. The molecule has 0 bridgehead atoms. The first-order valence-corrected chi connectivity index (χ1v) is 6.04. The average Bonchev–Trinajstić information content (AvgIpc) is 2.43. The third-order valence-corrected chi connectivity index (χ3v) is 2.89.